The largest absolute Gasteiger partial charge is 0.502 e. The molecule has 1 aliphatic rings. The Kier molecular flexibility index (Phi) is 3.08. The number of hydrogen-bond donors (Lipinski definition) is 1. The highest BCUT2D eigenvalue weighted by Gasteiger charge is 2.18. The van der Waals surface area contributed by atoms with Gasteiger partial charge in [0.1, 0.15) is 0 Å². The summed E-state index contributed by atoms with van der Waals surface area (Å²) in [5, 5.41) is 20.3. The number of benzene rings is 1. The van der Waals surface area contributed by atoms with Gasteiger partial charge in [0.25, 0.3) is 0 Å². The maximum atomic E-state index is 10.7. The van der Waals surface area contributed by atoms with Gasteiger partial charge in [0.2, 0.25) is 0 Å². The zero-order chi connectivity index (χ0) is 11.5. The summed E-state index contributed by atoms with van der Waals surface area (Å²) >= 11 is 0. The molecule has 0 aromatic heterocycles. The molecule has 0 spiro atoms. The van der Waals surface area contributed by atoms with E-state index in [0.717, 1.165) is 36.8 Å². The number of aromatic hydroxyl groups is 1. The van der Waals surface area contributed by atoms with Crippen LogP contribution in [0.5, 0.6) is 5.75 Å². The molecule has 4 nitrogen and oxygen atoms in total. The van der Waals surface area contributed by atoms with Gasteiger partial charge in [-0.1, -0.05) is 12.8 Å². The van der Waals surface area contributed by atoms with Crippen molar-refractivity contribution in [2.24, 2.45) is 0 Å². The summed E-state index contributed by atoms with van der Waals surface area (Å²) in [5.74, 6) is -0.204. The fourth-order valence-electron chi connectivity index (χ4n) is 2.26. The minimum absolute atomic E-state index is 0.167. The maximum Gasteiger partial charge on any atom is 0.310 e. The van der Waals surface area contributed by atoms with E-state index in [2.05, 4.69) is 0 Å². The minimum Gasteiger partial charge on any atom is -0.502 e. The van der Waals surface area contributed by atoms with E-state index < -0.39 is 4.92 Å². The molecule has 0 bridgehead atoms. The summed E-state index contributed by atoms with van der Waals surface area (Å²) in [6, 6.07) is 3.11. The Morgan fingerprint density at radius 1 is 1.06 bits per heavy atom. The molecule has 1 aromatic rings. The van der Waals surface area contributed by atoms with Crippen molar-refractivity contribution in [1.82, 2.24) is 0 Å². The summed E-state index contributed by atoms with van der Waals surface area (Å²) < 4.78 is 0. The molecule has 1 aliphatic carbocycles. The molecule has 2 rings (SSSR count). The summed E-state index contributed by atoms with van der Waals surface area (Å²) in [4.78, 5) is 10.2. The number of nitro groups is 1. The van der Waals surface area contributed by atoms with Crippen LogP contribution < -0.4 is 0 Å². The van der Waals surface area contributed by atoms with Gasteiger partial charge >= 0.3 is 5.69 Å². The Hall–Kier alpha value is -1.58. The molecule has 0 radical (unpaired) electrons. The lowest BCUT2D eigenvalue weighted by Crippen LogP contribution is -2.01. The van der Waals surface area contributed by atoms with Crippen LogP contribution in [0.1, 0.15) is 36.8 Å². The average Bonchev–Trinajstić information content (AvgIpc) is 2.20. The van der Waals surface area contributed by atoms with Crippen LogP contribution in [0.25, 0.3) is 0 Å². The summed E-state index contributed by atoms with van der Waals surface area (Å²) in [7, 11) is 0. The molecule has 0 saturated carbocycles. The maximum absolute atomic E-state index is 10.7. The molecular weight excluding hydrogens is 206 g/mol. The lowest BCUT2D eigenvalue weighted by atomic mass is 9.93. The molecule has 0 unspecified atom stereocenters. The third-order valence-corrected chi connectivity index (χ3v) is 3.14. The molecule has 86 valence electrons. The quantitative estimate of drug-likeness (QED) is 0.585. The van der Waals surface area contributed by atoms with E-state index in [1.165, 1.54) is 18.9 Å². The van der Waals surface area contributed by atoms with Crippen molar-refractivity contribution < 1.29 is 10.0 Å². The molecule has 0 saturated heterocycles. The molecule has 0 aliphatic heterocycles. The highest BCUT2D eigenvalue weighted by molar-refractivity contribution is 5.51. The summed E-state index contributed by atoms with van der Waals surface area (Å²) in [5.41, 5.74) is 1.94. The van der Waals surface area contributed by atoms with Gasteiger partial charge in [0, 0.05) is 6.07 Å². The number of rotatable bonds is 1. The second-order valence-electron chi connectivity index (χ2n) is 4.28. The normalized spacial score (nSPS) is 16.0. The van der Waals surface area contributed by atoms with Crippen molar-refractivity contribution in [3.8, 4) is 5.75 Å². The van der Waals surface area contributed by atoms with Gasteiger partial charge in [-0.15, -0.1) is 0 Å². The van der Waals surface area contributed by atoms with Crippen molar-refractivity contribution in [2.45, 2.75) is 38.5 Å². The zero-order valence-electron chi connectivity index (χ0n) is 9.11. The third kappa shape index (κ3) is 2.15. The molecule has 0 fully saturated rings. The van der Waals surface area contributed by atoms with Gasteiger partial charge in [-0.05, 0) is 42.9 Å². The monoisotopic (exact) mass is 221 g/mol. The van der Waals surface area contributed by atoms with Crippen LogP contribution in [0.2, 0.25) is 0 Å². The molecule has 0 heterocycles. The molecule has 4 heteroatoms. The van der Waals surface area contributed by atoms with Crippen LogP contribution in [-0.2, 0) is 12.8 Å². The number of hydrogen-bond acceptors (Lipinski definition) is 3. The molecule has 1 aromatic carbocycles. The Morgan fingerprint density at radius 3 is 2.19 bits per heavy atom. The molecule has 1 N–H and O–H groups in total. The number of nitrogens with zero attached hydrogens (tertiary/aromatic N) is 1. The van der Waals surface area contributed by atoms with E-state index in [0.29, 0.717) is 0 Å². The fraction of sp³-hybridized carbons (Fsp3) is 0.500. The highest BCUT2D eigenvalue weighted by atomic mass is 16.6. The van der Waals surface area contributed by atoms with Gasteiger partial charge in [-0.2, -0.15) is 0 Å². The Bertz CT molecular complexity index is 415. The van der Waals surface area contributed by atoms with Gasteiger partial charge in [-0.25, -0.2) is 0 Å². The van der Waals surface area contributed by atoms with E-state index in [1.54, 1.807) is 6.07 Å². The minimum atomic E-state index is -0.519. The van der Waals surface area contributed by atoms with E-state index in [-0.39, 0.29) is 11.4 Å². The van der Waals surface area contributed by atoms with Crippen molar-refractivity contribution in [1.29, 1.82) is 0 Å². The van der Waals surface area contributed by atoms with Crippen molar-refractivity contribution in [3.63, 3.8) is 0 Å². The predicted octanol–water partition coefficient (Wildman–Crippen LogP) is 2.96. The van der Waals surface area contributed by atoms with Crippen molar-refractivity contribution in [2.75, 3.05) is 0 Å². The smallest absolute Gasteiger partial charge is 0.310 e. The fourth-order valence-corrected chi connectivity index (χ4v) is 2.26. The van der Waals surface area contributed by atoms with E-state index in [9.17, 15) is 15.2 Å². The lowest BCUT2D eigenvalue weighted by Gasteiger charge is -2.13. The van der Waals surface area contributed by atoms with Crippen LogP contribution >= 0.6 is 0 Å². The van der Waals surface area contributed by atoms with Crippen LogP contribution in [0.3, 0.4) is 0 Å². The lowest BCUT2D eigenvalue weighted by molar-refractivity contribution is -0.385. The second kappa shape index (κ2) is 4.51. The van der Waals surface area contributed by atoms with Gasteiger partial charge in [-0.3, -0.25) is 10.1 Å². The second-order valence-corrected chi connectivity index (χ2v) is 4.28. The number of phenols is 1. The first kappa shape index (κ1) is 10.9. The van der Waals surface area contributed by atoms with Crippen molar-refractivity contribution in [3.05, 3.63) is 33.4 Å². The first-order valence-electron chi connectivity index (χ1n) is 5.67. The van der Waals surface area contributed by atoms with Crippen LogP contribution in [0.4, 0.5) is 5.69 Å². The Balaban J connectivity index is 2.41. The standard InChI is InChI=1S/C12H15NO3/c14-12-8-10-6-4-2-1-3-5-9(10)7-11(12)13(15)16/h7-8,14H,1-6H2. The first-order chi connectivity index (χ1) is 7.68. The van der Waals surface area contributed by atoms with Gasteiger partial charge < -0.3 is 5.11 Å². The summed E-state index contributed by atoms with van der Waals surface area (Å²) in [6.45, 7) is 0. The van der Waals surface area contributed by atoms with Crippen molar-refractivity contribution >= 4 is 5.69 Å². The van der Waals surface area contributed by atoms with Crippen LogP contribution in [-0.4, -0.2) is 10.0 Å². The third-order valence-electron chi connectivity index (χ3n) is 3.14. The number of aryl methyl sites for hydroxylation is 2. The van der Waals surface area contributed by atoms with Gasteiger partial charge in [0.15, 0.2) is 5.75 Å². The number of fused-ring (bicyclic) bond motifs is 1. The van der Waals surface area contributed by atoms with Crippen LogP contribution in [0.15, 0.2) is 12.1 Å². The molecular formula is C12H15NO3. The molecule has 0 atom stereocenters. The Labute approximate surface area is 94.1 Å². The molecule has 16 heavy (non-hydrogen) atoms. The predicted molar refractivity (Wildman–Crippen MR) is 60.6 cm³/mol. The van der Waals surface area contributed by atoms with E-state index >= 15 is 0 Å². The van der Waals surface area contributed by atoms with E-state index in [1.807, 2.05) is 0 Å². The first-order valence-corrected chi connectivity index (χ1v) is 5.67. The summed E-state index contributed by atoms with van der Waals surface area (Å²) in [6.07, 6.45) is 6.38. The van der Waals surface area contributed by atoms with Crippen LogP contribution in [0, 0.1) is 10.1 Å². The number of phenolic OH excluding ortho intramolecular Hbond substituents is 1. The Morgan fingerprint density at radius 2 is 1.62 bits per heavy atom. The highest BCUT2D eigenvalue weighted by Crippen LogP contribution is 2.32. The topological polar surface area (TPSA) is 63.4 Å². The zero-order valence-corrected chi connectivity index (χ0v) is 9.11. The van der Waals surface area contributed by atoms with Gasteiger partial charge in [0.05, 0.1) is 4.92 Å². The number of nitro benzene ring substituents is 1. The SMILES string of the molecule is O=[N+]([O-])c1cc2c(cc1O)CCCCCC2. The van der Waals surface area contributed by atoms with E-state index in [4.69, 9.17) is 0 Å². The average molecular weight is 221 g/mol. The molecule has 0 amide bonds.